The summed E-state index contributed by atoms with van der Waals surface area (Å²) in [5.74, 6) is -2.10. The number of aromatic nitrogens is 2. The lowest BCUT2D eigenvalue weighted by molar-refractivity contribution is -0.143. The van der Waals surface area contributed by atoms with Gasteiger partial charge in [-0.2, -0.15) is 18.3 Å². The van der Waals surface area contributed by atoms with E-state index in [0.29, 0.717) is 23.2 Å². The van der Waals surface area contributed by atoms with E-state index in [-0.39, 0.29) is 11.6 Å². The van der Waals surface area contributed by atoms with Gasteiger partial charge in [-0.3, -0.25) is 4.79 Å². The number of benzene rings is 1. The molecule has 2 N–H and O–H groups in total. The van der Waals surface area contributed by atoms with Crippen molar-refractivity contribution in [3.8, 4) is 5.69 Å². The number of carbonyl (C=O) groups excluding carboxylic acids is 1. The lowest BCUT2D eigenvalue weighted by Gasteiger charge is -2.14. The molecule has 0 aliphatic carbocycles. The molecule has 2 aromatic rings. The number of amides is 1. The van der Waals surface area contributed by atoms with E-state index in [1.54, 1.807) is 6.92 Å². The van der Waals surface area contributed by atoms with Gasteiger partial charge < -0.3 is 15.2 Å². The quantitative estimate of drug-likeness (QED) is 0.660. The summed E-state index contributed by atoms with van der Waals surface area (Å²) in [7, 11) is 0. The van der Waals surface area contributed by atoms with Gasteiger partial charge >= 0.3 is 12.1 Å². The molecule has 0 spiro atoms. The molecule has 28 heavy (non-hydrogen) atoms. The van der Waals surface area contributed by atoms with E-state index in [0.717, 1.165) is 12.8 Å². The number of carboxylic acids is 1. The van der Waals surface area contributed by atoms with Crippen LogP contribution >= 0.6 is 0 Å². The average Bonchev–Trinajstić information content (AvgIpc) is 3.08. The van der Waals surface area contributed by atoms with E-state index >= 15 is 0 Å². The Kier molecular flexibility index (Phi) is 6.79. The van der Waals surface area contributed by atoms with Crippen LogP contribution in [0.3, 0.4) is 0 Å². The Hall–Kier alpha value is -2.88. The summed E-state index contributed by atoms with van der Waals surface area (Å²) in [5, 5.41) is 15.1. The third kappa shape index (κ3) is 5.10. The molecule has 152 valence electrons. The largest absolute Gasteiger partial charge is 0.478 e. The highest BCUT2D eigenvalue weighted by Gasteiger charge is 2.40. The maximum atomic E-state index is 13.3. The molecular formula is C18H20F3N3O4. The van der Waals surface area contributed by atoms with E-state index in [4.69, 9.17) is 9.84 Å². The number of halogens is 3. The van der Waals surface area contributed by atoms with Crippen LogP contribution in [0.4, 0.5) is 18.9 Å². The minimum Gasteiger partial charge on any atom is -0.478 e. The highest BCUT2D eigenvalue weighted by atomic mass is 19.4. The molecule has 0 bridgehead atoms. The monoisotopic (exact) mass is 399 g/mol. The lowest BCUT2D eigenvalue weighted by Crippen LogP contribution is -2.28. The van der Waals surface area contributed by atoms with Crippen molar-refractivity contribution in [2.24, 2.45) is 0 Å². The fraction of sp³-hybridized carbons (Fsp3) is 0.389. The zero-order chi connectivity index (χ0) is 20.9. The maximum absolute atomic E-state index is 13.3. The molecule has 0 radical (unpaired) electrons. The molecular weight excluding hydrogens is 379 g/mol. The van der Waals surface area contributed by atoms with Crippen LogP contribution < -0.4 is 5.32 Å². The van der Waals surface area contributed by atoms with Gasteiger partial charge in [0.25, 0.3) is 5.91 Å². The zero-order valence-electron chi connectivity index (χ0n) is 15.3. The second-order valence-electron chi connectivity index (χ2n) is 6.02. The second-order valence-corrected chi connectivity index (χ2v) is 6.02. The van der Waals surface area contributed by atoms with Crippen LogP contribution in [-0.4, -0.2) is 39.5 Å². The summed E-state index contributed by atoms with van der Waals surface area (Å²) >= 11 is 0. The molecule has 0 saturated carbocycles. The molecule has 1 aromatic heterocycles. The van der Waals surface area contributed by atoms with Gasteiger partial charge in [0.2, 0.25) is 0 Å². The normalized spacial score (nSPS) is 12.6. The van der Waals surface area contributed by atoms with E-state index in [9.17, 15) is 22.8 Å². The van der Waals surface area contributed by atoms with Crippen molar-refractivity contribution in [1.82, 2.24) is 9.78 Å². The second kappa shape index (κ2) is 8.87. The molecule has 1 unspecified atom stereocenters. The van der Waals surface area contributed by atoms with Gasteiger partial charge in [0.15, 0.2) is 5.69 Å². The number of ether oxygens (including phenoxy) is 1. The molecule has 2 rings (SSSR count). The van der Waals surface area contributed by atoms with Crippen LogP contribution in [0.1, 0.15) is 42.7 Å². The molecule has 1 heterocycles. The number of alkyl halides is 3. The first-order valence-corrected chi connectivity index (χ1v) is 8.56. The maximum Gasteiger partial charge on any atom is 0.434 e. The smallest absolute Gasteiger partial charge is 0.434 e. The minimum atomic E-state index is -4.90. The van der Waals surface area contributed by atoms with Gasteiger partial charge in [-0.25, -0.2) is 9.48 Å². The van der Waals surface area contributed by atoms with Crippen molar-refractivity contribution >= 4 is 17.6 Å². The van der Waals surface area contributed by atoms with Crippen LogP contribution in [0.5, 0.6) is 0 Å². The van der Waals surface area contributed by atoms with E-state index in [1.165, 1.54) is 24.3 Å². The summed E-state index contributed by atoms with van der Waals surface area (Å²) < 4.78 is 45.7. The first-order valence-electron chi connectivity index (χ1n) is 8.56. The fourth-order valence-electron chi connectivity index (χ4n) is 2.38. The molecule has 0 aliphatic rings. The predicted molar refractivity (Wildman–Crippen MR) is 94.5 cm³/mol. The van der Waals surface area contributed by atoms with Crippen LogP contribution in [0.25, 0.3) is 5.69 Å². The summed E-state index contributed by atoms with van der Waals surface area (Å²) in [6.07, 6.45) is -3.16. The van der Waals surface area contributed by atoms with Crippen LogP contribution in [0.2, 0.25) is 0 Å². The molecule has 10 heteroatoms. The van der Waals surface area contributed by atoms with Gasteiger partial charge in [0.1, 0.15) is 11.7 Å². The number of rotatable bonds is 8. The summed E-state index contributed by atoms with van der Waals surface area (Å²) in [4.78, 5) is 23.1. The number of unbranched alkanes of at least 4 members (excludes halogenated alkanes) is 1. The highest BCUT2D eigenvalue weighted by molar-refractivity contribution is 5.94. The number of aromatic carboxylic acids is 1. The average molecular weight is 399 g/mol. The van der Waals surface area contributed by atoms with Gasteiger partial charge in [-0.15, -0.1) is 0 Å². The Balaban J connectivity index is 2.17. The summed E-state index contributed by atoms with van der Waals surface area (Å²) in [6.45, 7) is 4.06. The Morgan fingerprint density at radius 3 is 2.46 bits per heavy atom. The van der Waals surface area contributed by atoms with Gasteiger partial charge in [-0.1, -0.05) is 13.3 Å². The van der Waals surface area contributed by atoms with E-state index in [1.807, 2.05) is 6.92 Å². The molecule has 0 saturated heterocycles. The molecule has 7 nitrogen and oxygen atoms in total. The minimum absolute atomic E-state index is 0.00469. The predicted octanol–water partition coefficient (Wildman–Crippen LogP) is 3.73. The van der Waals surface area contributed by atoms with Crippen molar-refractivity contribution in [2.75, 3.05) is 11.9 Å². The summed E-state index contributed by atoms with van der Waals surface area (Å²) in [5.41, 5.74) is -1.96. The number of anilines is 1. The number of hydrogen-bond donors (Lipinski definition) is 2. The Bertz CT molecular complexity index is 832. The summed E-state index contributed by atoms with van der Waals surface area (Å²) in [6, 6.07) is 5.39. The SMILES string of the molecule is CCCCOC(C)C(=O)Nc1ccc(-n2ncc(C(=O)O)c2C(F)(F)F)cc1. The van der Waals surface area contributed by atoms with Crippen LogP contribution in [0, 0.1) is 0 Å². The van der Waals surface area contributed by atoms with Crippen molar-refractivity contribution in [1.29, 1.82) is 0 Å². The first kappa shape index (κ1) is 21.4. The van der Waals surface area contributed by atoms with Gasteiger partial charge in [0.05, 0.1) is 11.9 Å². The first-order chi connectivity index (χ1) is 13.1. The van der Waals surface area contributed by atoms with Crippen molar-refractivity contribution in [3.63, 3.8) is 0 Å². The molecule has 1 atom stereocenters. The van der Waals surface area contributed by atoms with E-state index < -0.39 is 29.5 Å². The topological polar surface area (TPSA) is 93.5 Å². The molecule has 1 aromatic carbocycles. The van der Waals surface area contributed by atoms with Crippen molar-refractivity contribution < 1.29 is 32.6 Å². The number of hydrogen-bond acceptors (Lipinski definition) is 4. The Morgan fingerprint density at radius 2 is 1.93 bits per heavy atom. The van der Waals surface area contributed by atoms with Crippen molar-refractivity contribution in [3.05, 3.63) is 41.7 Å². The van der Waals surface area contributed by atoms with Crippen molar-refractivity contribution in [2.45, 2.75) is 39.0 Å². The highest BCUT2D eigenvalue weighted by Crippen LogP contribution is 2.33. The Morgan fingerprint density at radius 1 is 1.29 bits per heavy atom. The number of nitrogens with zero attached hydrogens (tertiary/aromatic N) is 2. The van der Waals surface area contributed by atoms with Crippen LogP contribution in [-0.2, 0) is 15.7 Å². The third-order valence-electron chi connectivity index (χ3n) is 3.88. The molecule has 1 amide bonds. The van der Waals surface area contributed by atoms with Gasteiger partial charge in [-0.05, 0) is 37.6 Å². The number of carboxylic acid groups (broad SMARTS) is 1. The standard InChI is InChI=1S/C18H20F3N3O4/c1-3-4-9-28-11(2)16(25)23-12-5-7-13(8-6-12)24-15(18(19,20)21)14(10-22-24)17(26)27/h5-8,10-11H,3-4,9H2,1-2H3,(H,23,25)(H,26,27). The lowest BCUT2D eigenvalue weighted by atomic mass is 10.2. The third-order valence-corrected chi connectivity index (χ3v) is 3.88. The molecule has 0 aliphatic heterocycles. The van der Waals surface area contributed by atoms with Crippen LogP contribution in [0.15, 0.2) is 30.5 Å². The number of nitrogens with one attached hydrogen (secondary N) is 1. The number of carbonyl (C=O) groups is 2. The van der Waals surface area contributed by atoms with Gasteiger partial charge in [0, 0.05) is 12.3 Å². The molecule has 0 fully saturated rings. The Labute approximate surface area is 159 Å². The fourth-order valence-corrected chi connectivity index (χ4v) is 2.38. The van der Waals surface area contributed by atoms with E-state index in [2.05, 4.69) is 10.4 Å². The zero-order valence-corrected chi connectivity index (χ0v) is 15.3.